The fourth-order valence-corrected chi connectivity index (χ4v) is 5.02. The smallest absolute Gasteiger partial charge is 0.261 e. The maximum atomic E-state index is 13.4. The van der Waals surface area contributed by atoms with E-state index in [9.17, 15) is 18.0 Å². The van der Waals surface area contributed by atoms with E-state index in [-0.39, 0.29) is 46.8 Å². The van der Waals surface area contributed by atoms with Crippen LogP contribution in [-0.4, -0.2) is 31.0 Å². The molecule has 3 aromatic rings. The number of sulfonamides is 1. The van der Waals surface area contributed by atoms with Gasteiger partial charge in [-0.05, 0) is 49.2 Å². The summed E-state index contributed by atoms with van der Waals surface area (Å²) in [4.78, 5) is 27.9. The first-order valence-electron chi connectivity index (χ1n) is 10.5. The van der Waals surface area contributed by atoms with Crippen LogP contribution in [0.4, 0.5) is 5.69 Å². The molecule has 1 aliphatic rings. The monoisotopic (exact) mass is 512 g/mol. The lowest BCUT2D eigenvalue weighted by Gasteiger charge is -2.37. The molecule has 0 radical (unpaired) electrons. The summed E-state index contributed by atoms with van der Waals surface area (Å²) in [7, 11) is -3.84. The molecule has 4 N–H and O–H groups in total. The van der Waals surface area contributed by atoms with Gasteiger partial charge in [0.15, 0.2) is 0 Å². The summed E-state index contributed by atoms with van der Waals surface area (Å²) in [5.74, 6) is -0.925. The molecule has 2 amide bonds. The van der Waals surface area contributed by atoms with Crippen molar-refractivity contribution >= 4 is 45.8 Å². The van der Waals surface area contributed by atoms with E-state index < -0.39 is 21.3 Å². The molecule has 0 aromatic heterocycles. The first kappa shape index (κ1) is 25.9. The molecule has 35 heavy (non-hydrogen) atoms. The van der Waals surface area contributed by atoms with Gasteiger partial charge in [-0.15, -0.1) is 12.4 Å². The van der Waals surface area contributed by atoms with E-state index >= 15 is 0 Å². The second kappa shape index (κ2) is 9.52. The molecule has 0 unspecified atom stereocenters. The number of hydrogen-bond donors (Lipinski definition) is 3. The van der Waals surface area contributed by atoms with Gasteiger partial charge in [-0.2, -0.15) is 0 Å². The molecule has 3 aromatic carbocycles. The number of benzene rings is 3. The third kappa shape index (κ3) is 4.91. The van der Waals surface area contributed by atoms with Crippen LogP contribution >= 0.6 is 12.4 Å². The van der Waals surface area contributed by atoms with Crippen LogP contribution in [-0.2, 0) is 26.8 Å². The zero-order valence-corrected chi connectivity index (χ0v) is 20.7. The molecule has 1 heterocycles. The van der Waals surface area contributed by atoms with E-state index in [4.69, 9.17) is 11.1 Å². The Hall–Kier alpha value is -3.69. The molecule has 0 spiro atoms. The van der Waals surface area contributed by atoms with Crippen molar-refractivity contribution in [1.82, 2.24) is 4.90 Å². The number of carbonyl (C=O) groups excluding carboxylic acids is 2. The summed E-state index contributed by atoms with van der Waals surface area (Å²) in [6, 6.07) is 19.3. The van der Waals surface area contributed by atoms with Crippen molar-refractivity contribution in [3.05, 3.63) is 95.1 Å². The summed E-state index contributed by atoms with van der Waals surface area (Å²) in [6.45, 7) is 3.51. The van der Waals surface area contributed by atoms with E-state index in [1.165, 1.54) is 23.1 Å². The number of rotatable bonds is 6. The third-order valence-corrected chi connectivity index (χ3v) is 7.26. The number of nitrogens with zero attached hydrogens (tertiary/aromatic N) is 1. The van der Waals surface area contributed by atoms with Crippen molar-refractivity contribution in [2.45, 2.75) is 30.7 Å². The number of hydrogen-bond acceptors (Lipinski definition) is 5. The van der Waals surface area contributed by atoms with Crippen molar-refractivity contribution in [2.75, 3.05) is 4.72 Å². The maximum absolute atomic E-state index is 13.4. The minimum absolute atomic E-state index is 0. The molecule has 0 fully saturated rings. The molecular formula is C25H25ClN4O4S. The predicted molar refractivity (Wildman–Crippen MR) is 136 cm³/mol. The van der Waals surface area contributed by atoms with Gasteiger partial charge in [-0.1, -0.05) is 48.5 Å². The highest BCUT2D eigenvalue weighted by Gasteiger charge is 2.44. The number of nitrogen functional groups attached to an aromatic ring is 1. The van der Waals surface area contributed by atoms with Gasteiger partial charge in [0.25, 0.3) is 15.9 Å². The molecule has 8 nitrogen and oxygen atoms in total. The first-order valence-corrected chi connectivity index (χ1v) is 12.0. The molecule has 0 saturated heterocycles. The topological polar surface area (TPSA) is 133 Å². The molecule has 0 saturated carbocycles. The van der Waals surface area contributed by atoms with Crippen LogP contribution in [0.2, 0.25) is 0 Å². The van der Waals surface area contributed by atoms with Crippen LogP contribution in [0, 0.1) is 5.41 Å². The van der Waals surface area contributed by atoms with Crippen LogP contribution < -0.4 is 10.5 Å². The van der Waals surface area contributed by atoms with Gasteiger partial charge >= 0.3 is 0 Å². The van der Waals surface area contributed by atoms with Crippen molar-refractivity contribution in [3.63, 3.8) is 0 Å². The molecule has 4 rings (SSSR count). The van der Waals surface area contributed by atoms with Crippen molar-refractivity contribution in [3.8, 4) is 0 Å². The lowest BCUT2D eigenvalue weighted by atomic mass is 9.77. The second-order valence-corrected chi connectivity index (χ2v) is 10.3. The van der Waals surface area contributed by atoms with Gasteiger partial charge in [-0.3, -0.25) is 24.6 Å². The number of amides is 2. The van der Waals surface area contributed by atoms with Crippen LogP contribution in [0.25, 0.3) is 0 Å². The Morgan fingerprint density at radius 3 is 2.23 bits per heavy atom. The molecule has 0 bridgehead atoms. The van der Waals surface area contributed by atoms with Gasteiger partial charge in [0.1, 0.15) is 5.84 Å². The van der Waals surface area contributed by atoms with E-state index in [2.05, 4.69) is 4.72 Å². The number of fused-ring (bicyclic) bond motifs is 1. The average molecular weight is 513 g/mol. The van der Waals surface area contributed by atoms with Gasteiger partial charge < -0.3 is 5.73 Å². The SMILES string of the molecule is CC1(C)C(=O)N(Cc2ccc(C(=N)N)cc2)C(=O)c2cc(NS(=O)(=O)c3ccccc3)ccc21.Cl. The highest BCUT2D eigenvalue weighted by Crippen LogP contribution is 2.37. The van der Waals surface area contributed by atoms with Gasteiger partial charge in [0, 0.05) is 16.8 Å². The average Bonchev–Trinajstić information content (AvgIpc) is 2.81. The Morgan fingerprint density at radius 1 is 1.00 bits per heavy atom. The number of nitrogens with one attached hydrogen (secondary N) is 2. The highest BCUT2D eigenvalue weighted by atomic mass is 35.5. The predicted octanol–water partition coefficient (Wildman–Crippen LogP) is 3.65. The number of imide groups is 1. The Balaban J connectivity index is 0.00000342. The zero-order valence-electron chi connectivity index (χ0n) is 19.1. The summed E-state index contributed by atoms with van der Waals surface area (Å²) in [5, 5.41) is 7.50. The summed E-state index contributed by atoms with van der Waals surface area (Å²) < 4.78 is 28.0. The largest absolute Gasteiger partial charge is 0.384 e. The fourth-order valence-electron chi connectivity index (χ4n) is 3.95. The number of anilines is 1. The Bertz CT molecular complexity index is 1410. The second-order valence-electron chi connectivity index (χ2n) is 8.61. The molecule has 182 valence electrons. The van der Waals surface area contributed by atoms with Crippen molar-refractivity contribution < 1.29 is 18.0 Å². The van der Waals surface area contributed by atoms with Crippen LogP contribution in [0.5, 0.6) is 0 Å². The molecular weight excluding hydrogens is 488 g/mol. The lowest BCUT2D eigenvalue weighted by molar-refractivity contribution is -0.134. The van der Waals surface area contributed by atoms with Crippen LogP contribution in [0.1, 0.15) is 40.9 Å². The number of nitrogens with two attached hydrogens (primary N) is 1. The van der Waals surface area contributed by atoms with Gasteiger partial charge in [0.2, 0.25) is 5.91 Å². The third-order valence-electron chi connectivity index (χ3n) is 5.86. The summed E-state index contributed by atoms with van der Waals surface area (Å²) in [5.41, 5.74) is 6.77. The minimum Gasteiger partial charge on any atom is -0.384 e. The lowest BCUT2D eigenvalue weighted by Crippen LogP contribution is -2.51. The van der Waals surface area contributed by atoms with Crippen LogP contribution in [0.3, 0.4) is 0 Å². The Morgan fingerprint density at radius 2 is 1.63 bits per heavy atom. The number of amidine groups is 1. The summed E-state index contributed by atoms with van der Waals surface area (Å²) in [6.07, 6.45) is 0. The highest BCUT2D eigenvalue weighted by molar-refractivity contribution is 7.92. The van der Waals surface area contributed by atoms with E-state index in [0.717, 1.165) is 0 Å². The van der Waals surface area contributed by atoms with E-state index in [0.29, 0.717) is 16.7 Å². The van der Waals surface area contributed by atoms with Crippen LogP contribution in [0.15, 0.2) is 77.7 Å². The standard InChI is InChI=1S/C25H24N4O4S.ClH/c1-25(2)21-13-12-18(28-34(32,33)19-6-4-3-5-7-19)14-20(21)23(30)29(24(25)31)15-16-8-10-17(11-9-16)22(26)27;/h3-14,28H,15H2,1-2H3,(H3,26,27);1H. The van der Waals surface area contributed by atoms with Gasteiger partial charge in [0.05, 0.1) is 16.9 Å². The molecule has 10 heteroatoms. The maximum Gasteiger partial charge on any atom is 0.261 e. The molecule has 1 aliphatic heterocycles. The quantitative estimate of drug-likeness (QED) is 0.263. The van der Waals surface area contributed by atoms with Crippen molar-refractivity contribution in [1.29, 1.82) is 5.41 Å². The van der Waals surface area contributed by atoms with E-state index in [1.54, 1.807) is 68.4 Å². The first-order chi connectivity index (χ1) is 16.0. The summed E-state index contributed by atoms with van der Waals surface area (Å²) >= 11 is 0. The fraction of sp³-hybridized carbons (Fsp3) is 0.160. The molecule has 0 atom stereocenters. The Labute approximate surface area is 210 Å². The Kier molecular flexibility index (Phi) is 7.05. The molecule has 0 aliphatic carbocycles. The minimum atomic E-state index is -3.84. The zero-order chi connectivity index (χ0) is 24.7. The number of carbonyl (C=O) groups is 2. The van der Waals surface area contributed by atoms with Crippen molar-refractivity contribution in [2.24, 2.45) is 5.73 Å². The van der Waals surface area contributed by atoms with E-state index in [1.807, 2.05) is 0 Å². The van der Waals surface area contributed by atoms with Gasteiger partial charge in [-0.25, -0.2) is 8.42 Å². The number of halogens is 1. The normalized spacial score (nSPS) is 14.6.